The number of sulfonamides is 1. The molecule has 2 N–H and O–H groups in total. The lowest BCUT2D eigenvalue weighted by Gasteiger charge is -2.20. The van der Waals surface area contributed by atoms with Crippen molar-refractivity contribution in [2.24, 2.45) is 0 Å². The highest BCUT2D eigenvalue weighted by atomic mass is 32.2. The SMILES string of the molecule is CCCc1nc(NS(=O)(=O)c2ccc(C(C)(C)C)cc2)c(Oc2ccccc2OC)c(OCCO)n1. The summed E-state index contributed by atoms with van der Waals surface area (Å²) >= 11 is 0. The first kappa shape index (κ1) is 27.2. The van der Waals surface area contributed by atoms with Crippen LogP contribution >= 0.6 is 0 Å². The topological polar surface area (TPSA) is 120 Å². The number of para-hydroxylation sites is 2. The summed E-state index contributed by atoms with van der Waals surface area (Å²) in [6.07, 6.45) is 1.21. The van der Waals surface area contributed by atoms with E-state index in [0.29, 0.717) is 23.7 Å². The van der Waals surface area contributed by atoms with Gasteiger partial charge in [0.25, 0.3) is 15.9 Å². The number of aromatic nitrogens is 2. The van der Waals surface area contributed by atoms with Crippen LogP contribution in [0.5, 0.6) is 23.1 Å². The van der Waals surface area contributed by atoms with Gasteiger partial charge in [-0.3, -0.25) is 4.72 Å². The largest absolute Gasteiger partial charge is 0.493 e. The fourth-order valence-corrected chi connectivity index (χ4v) is 4.35. The van der Waals surface area contributed by atoms with Crippen LogP contribution in [-0.2, 0) is 21.9 Å². The first-order valence-electron chi connectivity index (χ1n) is 11.7. The lowest BCUT2D eigenvalue weighted by molar-refractivity contribution is 0.192. The fraction of sp³-hybridized carbons (Fsp3) is 0.385. The van der Waals surface area contributed by atoms with E-state index < -0.39 is 10.0 Å². The van der Waals surface area contributed by atoms with Crippen molar-refractivity contribution in [3.8, 4) is 23.1 Å². The molecule has 0 aliphatic carbocycles. The third kappa shape index (κ3) is 6.64. The highest BCUT2D eigenvalue weighted by Crippen LogP contribution is 2.40. The molecule has 2 aromatic carbocycles. The molecule has 0 saturated heterocycles. The number of anilines is 1. The molecule has 10 heteroatoms. The number of nitrogens with one attached hydrogen (secondary N) is 1. The molecule has 194 valence electrons. The zero-order valence-corrected chi connectivity index (χ0v) is 22.1. The Morgan fingerprint density at radius 1 is 1.00 bits per heavy atom. The zero-order chi connectivity index (χ0) is 26.3. The average Bonchev–Trinajstić information content (AvgIpc) is 2.84. The van der Waals surface area contributed by atoms with E-state index in [1.165, 1.54) is 7.11 Å². The van der Waals surface area contributed by atoms with Gasteiger partial charge in [0, 0.05) is 6.42 Å². The molecule has 1 heterocycles. The van der Waals surface area contributed by atoms with Gasteiger partial charge in [-0.15, -0.1) is 0 Å². The Hall–Kier alpha value is -3.37. The minimum Gasteiger partial charge on any atom is -0.493 e. The number of benzene rings is 2. The van der Waals surface area contributed by atoms with Gasteiger partial charge >= 0.3 is 0 Å². The molecule has 0 saturated carbocycles. The van der Waals surface area contributed by atoms with Crippen LogP contribution in [0, 0.1) is 0 Å². The Labute approximate surface area is 212 Å². The van der Waals surface area contributed by atoms with Crippen LogP contribution in [0.15, 0.2) is 53.4 Å². The lowest BCUT2D eigenvalue weighted by atomic mass is 9.87. The molecule has 36 heavy (non-hydrogen) atoms. The summed E-state index contributed by atoms with van der Waals surface area (Å²) in [5.41, 5.74) is 0.889. The fourth-order valence-electron chi connectivity index (χ4n) is 3.34. The van der Waals surface area contributed by atoms with Gasteiger partial charge in [-0.25, -0.2) is 13.4 Å². The molecule has 3 aromatic rings. The number of nitrogens with zero attached hydrogens (tertiary/aromatic N) is 2. The smallest absolute Gasteiger partial charge is 0.263 e. The highest BCUT2D eigenvalue weighted by molar-refractivity contribution is 7.92. The molecule has 0 atom stereocenters. The second-order valence-corrected chi connectivity index (χ2v) is 10.8. The minimum absolute atomic E-state index is 0.00851. The molecule has 0 bridgehead atoms. The maximum absolute atomic E-state index is 13.4. The van der Waals surface area contributed by atoms with Crippen LogP contribution in [-0.4, -0.2) is 43.8 Å². The van der Waals surface area contributed by atoms with Gasteiger partial charge in [-0.2, -0.15) is 4.98 Å². The van der Waals surface area contributed by atoms with Crippen molar-refractivity contribution in [1.82, 2.24) is 9.97 Å². The number of aliphatic hydroxyl groups is 1. The molecule has 0 aliphatic heterocycles. The van der Waals surface area contributed by atoms with E-state index in [2.05, 4.69) is 35.5 Å². The van der Waals surface area contributed by atoms with Crippen LogP contribution in [0.3, 0.4) is 0 Å². The van der Waals surface area contributed by atoms with Gasteiger partial charge < -0.3 is 19.3 Å². The minimum atomic E-state index is -4.03. The molecule has 0 amide bonds. The van der Waals surface area contributed by atoms with Gasteiger partial charge in [0.2, 0.25) is 5.75 Å². The van der Waals surface area contributed by atoms with Gasteiger partial charge in [0.05, 0.1) is 18.6 Å². The summed E-state index contributed by atoms with van der Waals surface area (Å²) in [7, 11) is -2.53. The molecule has 0 unspecified atom stereocenters. The molecule has 0 fully saturated rings. The van der Waals surface area contributed by atoms with Crippen LogP contribution in [0.25, 0.3) is 0 Å². The van der Waals surface area contributed by atoms with Gasteiger partial charge in [0.1, 0.15) is 12.4 Å². The van der Waals surface area contributed by atoms with Crippen molar-refractivity contribution in [3.63, 3.8) is 0 Å². The summed E-state index contributed by atoms with van der Waals surface area (Å²) in [6, 6.07) is 13.6. The predicted molar refractivity (Wildman–Crippen MR) is 138 cm³/mol. The number of hydrogen-bond acceptors (Lipinski definition) is 8. The number of hydrogen-bond donors (Lipinski definition) is 2. The first-order valence-corrected chi connectivity index (χ1v) is 13.2. The lowest BCUT2D eigenvalue weighted by Crippen LogP contribution is -2.17. The average molecular weight is 516 g/mol. The quantitative estimate of drug-likeness (QED) is 0.377. The molecular formula is C26H33N3O6S. The first-order chi connectivity index (χ1) is 17.1. The Morgan fingerprint density at radius 3 is 2.25 bits per heavy atom. The van der Waals surface area contributed by atoms with Crippen LogP contribution in [0.2, 0.25) is 0 Å². The van der Waals surface area contributed by atoms with Crippen LogP contribution < -0.4 is 18.9 Å². The third-order valence-electron chi connectivity index (χ3n) is 5.23. The van der Waals surface area contributed by atoms with E-state index in [4.69, 9.17) is 14.2 Å². The van der Waals surface area contributed by atoms with E-state index in [1.807, 2.05) is 6.92 Å². The second-order valence-electron chi connectivity index (χ2n) is 9.08. The Balaban J connectivity index is 2.09. The van der Waals surface area contributed by atoms with E-state index >= 15 is 0 Å². The maximum atomic E-state index is 13.4. The van der Waals surface area contributed by atoms with Crippen molar-refractivity contribution in [3.05, 3.63) is 59.9 Å². The second kappa shape index (κ2) is 11.6. The molecule has 0 aliphatic rings. The summed E-state index contributed by atoms with van der Waals surface area (Å²) in [6.45, 7) is 7.80. The van der Waals surface area contributed by atoms with Crippen molar-refractivity contribution in [2.45, 2.75) is 50.8 Å². The van der Waals surface area contributed by atoms with Crippen LogP contribution in [0.1, 0.15) is 45.5 Å². The predicted octanol–water partition coefficient (Wildman–Crippen LogP) is 4.70. The zero-order valence-electron chi connectivity index (χ0n) is 21.2. The van der Waals surface area contributed by atoms with Crippen molar-refractivity contribution in [1.29, 1.82) is 0 Å². The number of aliphatic hydroxyl groups excluding tert-OH is 1. The molecule has 9 nitrogen and oxygen atoms in total. The standard InChI is InChI=1S/C26H33N3O6S/c1-6-9-22-27-24(29-36(31,32)19-14-12-18(13-15-19)26(2,3)4)23(25(28-22)34-17-16-30)35-21-11-8-7-10-20(21)33-5/h7-8,10-15,30H,6,9,16-17H2,1-5H3,(H,27,28,29). The normalized spacial score (nSPS) is 11.7. The van der Waals surface area contributed by atoms with E-state index in [-0.39, 0.29) is 41.0 Å². The summed E-state index contributed by atoms with van der Waals surface area (Å²) in [5, 5.41) is 9.31. The monoisotopic (exact) mass is 515 g/mol. The maximum Gasteiger partial charge on any atom is 0.263 e. The van der Waals surface area contributed by atoms with Gasteiger partial charge in [0.15, 0.2) is 17.3 Å². The van der Waals surface area contributed by atoms with Gasteiger partial charge in [-0.1, -0.05) is 52.0 Å². The number of ether oxygens (including phenoxy) is 3. The molecule has 0 radical (unpaired) electrons. The van der Waals surface area contributed by atoms with E-state index in [1.54, 1.807) is 48.5 Å². The summed E-state index contributed by atoms with van der Waals surface area (Å²) < 4.78 is 46.3. The van der Waals surface area contributed by atoms with Crippen LogP contribution in [0.4, 0.5) is 5.82 Å². The number of rotatable bonds is 11. The molecule has 3 rings (SSSR count). The molecular weight excluding hydrogens is 482 g/mol. The van der Waals surface area contributed by atoms with E-state index in [0.717, 1.165) is 12.0 Å². The van der Waals surface area contributed by atoms with E-state index in [9.17, 15) is 13.5 Å². The number of methoxy groups -OCH3 is 1. The molecule has 0 spiro atoms. The third-order valence-corrected chi connectivity index (χ3v) is 6.58. The summed E-state index contributed by atoms with van der Waals surface area (Å²) in [5.74, 6) is 1.01. The van der Waals surface area contributed by atoms with Crippen molar-refractivity contribution >= 4 is 15.8 Å². The Bertz CT molecular complexity index is 1270. The number of aryl methyl sites for hydroxylation is 1. The Kier molecular flexibility index (Phi) is 8.75. The summed E-state index contributed by atoms with van der Waals surface area (Å²) in [4.78, 5) is 8.93. The van der Waals surface area contributed by atoms with Crippen molar-refractivity contribution in [2.75, 3.05) is 25.0 Å². The van der Waals surface area contributed by atoms with Crippen molar-refractivity contribution < 1.29 is 27.7 Å². The Morgan fingerprint density at radius 2 is 1.67 bits per heavy atom. The molecule has 1 aromatic heterocycles. The van der Waals surface area contributed by atoms with Gasteiger partial charge in [-0.05, 0) is 41.7 Å². The highest BCUT2D eigenvalue weighted by Gasteiger charge is 2.25.